The van der Waals surface area contributed by atoms with Gasteiger partial charge < -0.3 is 28.4 Å². The number of rotatable bonds is 7. The van der Waals surface area contributed by atoms with Gasteiger partial charge in [0.25, 0.3) is 0 Å². The van der Waals surface area contributed by atoms with E-state index in [4.69, 9.17) is 28.4 Å². The lowest BCUT2D eigenvalue weighted by atomic mass is 9.88. The molecule has 2 aliphatic rings. The van der Waals surface area contributed by atoms with Crippen LogP contribution >= 0.6 is 0 Å². The summed E-state index contributed by atoms with van der Waals surface area (Å²) in [7, 11) is 4.51. The van der Waals surface area contributed by atoms with Crippen LogP contribution in [-0.2, 0) is 16.0 Å². The van der Waals surface area contributed by atoms with Gasteiger partial charge in [-0.25, -0.2) is 0 Å². The summed E-state index contributed by atoms with van der Waals surface area (Å²) < 4.78 is 32.8. The van der Waals surface area contributed by atoms with Crippen LogP contribution < -0.4 is 23.7 Å². The van der Waals surface area contributed by atoms with E-state index >= 15 is 0 Å². The zero-order chi connectivity index (χ0) is 21.3. The number of carbonyl (C=O) groups excluding carboxylic acids is 2. The molecule has 0 bridgehead atoms. The molecule has 8 heteroatoms. The molecule has 1 fully saturated rings. The fraction of sp³-hybridized carbons (Fsp3) is 0.364. The molecule has 1 saturated heterocycles. The van der Waals surface area contributed by atoms with Crippen LogP contribution in [0.4, 0.5) is 0 Å². The van der Waals surface area contributed by atoms with Crippen molar-refractivity contribution in [2.24, 2.45) is 5.92 Å². The highest BCUT2D eigenvalue weighted by Gasteiger charge is 2.29. The van der Waals surface area contributed by atoms with Gasteiger partial charge in [-0.1, -0.05) is 0 Å². The Labute approximate surface area is 173 Å². The van der Waals surface area contributed by atoms with E-state index in [1.165, 1.54) is 21.3 Å². The molecule has 1 atom stereocenters. The average Bonchev–Trinajstić information content (AvgIpc) is 3.39. The lowest BCUT2D eigenvalue weighted by molar-refractivity contribution is -0.137. The maximum absolute atomic E-state index is 12.0. The van der Waals surface area contributed by atoms with Gasteiger partial charge in [-0.2, -0.15) is 0 Å². The zero-order valence-corrected chi connectivity index (χ0v) is 17.0. The molecule has 1 unspecified atom stereocenters. The van der Waals surface area contributed by atoms with E-state index in [1.807, 2.05) is 12.1 Å². The Morgan fingerprint density at radius 3 is 2.33 bits per heavy atom. The third kappa shape index (κ3) is 3.38. The van der Waals surface area contributed by atoms with Gasteiger partial charge in [-0.15, -0.1) is 0 Å². The molecule has 2 aromatic carbocycles. The second kappa shape index (κ2) is 8.14. The summed E-state index contributed by atoms with van der Waals surface area (Å²) >= 11 is 0. The summed E-state index contributed by atoms with van der Waals surface area (Å²) in [4.78, 5) is 23.6. The van der Waals surface area contributed by atoms with Crippen molar-refractivity contribution in [2.75, 3.05) is 34.7 Å². The molecule has 2 heterocycles. The Balaban J connectivity index is 1.93. The minimum Gasteiger partial charge on any atom is -0.493 e. The number of fused-ring (bicyclic) bond motifs is 1. The van der Waals surface area contributed by atoms with E-state index in [0.29, 0.717) is 59.3 Å². The second-order valence-electron chi connectivity index (χ2n) is 7.05. The van der Waals surface area contributed by atoms with Crippen molar-refractivity contribution in [3.8, 4) is 39.9 Å². The summed E-state index contributed by atoms with van der Waals surface area (Å²) in [6.45, 7) is 0.475. The topological polar surface area (TPSA) is 89.5 Å². The van der Waals surface area contributed by atoms with Crippen LogP contribution in [-0.4, -0.2) is 47.0 Å². The van der Waals surface area contributed by atoms with Crippen molar-refractivity contribution >= 4 is 12.3 Å². The van der Waals surface area contributed by atoms with E-state index in [0.717, 1.165) is 17.4 Å². The summed E-state index contributed by atoms with van der Waals surface area (Å²) in [5.41, 5.74) is 2.56. The number of aldehydes is 1. The Morgan fingerprint density at radius 1 is 1.00 bits per heavy atom. The maximum atomic E-state index is 12.0. The number of esters is 1. The summed E-state index contributed by atoms with van der Waals surface area (Å²) in [5.74, 6) is 2.15. The van der Waals surface area contributed by atoms with Crippen LogP contribution in [0.3, 0.4) is 0 Å². The number of methoxy groups -OCH3 is 3. The predicted octanol–water partition coefficient (Wildman–Crippen LogP) is 3.03. The molecule has 158 valence electrons. The van der Waals surface area contributed by atoms with Crippen LogP contribution in [0.25, 0.3) is 11.1 Å². The molecule has 0 radical (unpaired) electrons. The lowest BCUT2D eigenvalue weighted by Crippen LogP contribution is -2.07. The van der Waals surface area contributed by atoms with Gasteiger partial charge in [0.1, 0.15) is 0 Å². The minimum atomic E-state index is -0.209. The third-order valence-electron chi connectivity index (χ3n) is 5.30. The quantitative estimate of drug-likeness (QED) is 0.505. The van der Waals surface area contributed by atoms with Crippen molar-refractivity contribution < 1.29 is 38.0 Å². The molecular weight excluding hydrogens is 392 g/mol. The summed E-state index contributed by atoms with van der Waals surface area (Å²) in [6, 6.07) is 5.32. The third-order valence-corrected chi connectivity index (χ3v) is 5.30. The molecule has 8 nitrogen and oxygen atoms in total. The monoisotopic (exact) mass is 414 g/mol. The largest absolute Gasteiger partial charge is 0.493 e. The lowest BCUT2D eigenvalue weighted by Gasteiger charge is -2.20. The van der Waals surface area contributed by atoms with E-state index < -0.39 is 0 Å². The van der Waals surface area contributed by atoms with Crippen LogP contribution in [0.5, 0.6) is 28.7 Å². The molecule has 0 aliphatic carbocycles. The van der Waals surface area contributed by atoms with Crippen molar-refractivity contribution in [1.82, 2.24) is 0 Å². The van der Waals surface area contributed by atoms with Gasteiger partial charge in [-0.3, -0.25) is 9.59 Å². The summed E-state index contributed by atoms with van der Waals surface area (Å²) in [5, 5.41) is 0. The van der Waals surface area contributed by atoms with Crippen molar-refractivity contribution in [1.29, 1.82) is 0 Å². The molecule has 0 amide bonds. The number of carbonyl (C=O) groups is 2. The number of hydrogen-bond donors (Lipinski definition) is 0. The number of ether oxygens (including phenoxy) is 6. The van der Waals surface area contributed by atoms with Gasteiger partial charge in [0.2, 0.25) is 12.5 Å². The predicted molar refractivity (Wildman–Crippen MR) is 106 cm³/mol. The summed E-state index contributed by atoms with van der Waals surface area (Å²) in [6.07, 6.45) is 1.65. The van der Waals surface area contributed by atoms with Gasteiger partial charge in [-0.05, 0) is 35.7 Å². The Kier molecular flexibility index (Phi) is 5.39. The fourth-order valence-corrected chi connectivity index (χ4v) is 3.94. The Bertz CT molecular complexity index is 997. The smallest absolute Gasteiger partial charge is 0.306 e. The van der Waals surface area contributed by atoms with Crippen molar-refractivity contribution in [2.45, 2.75) is 12.8 Å². The van der Waals surface area contributed by atoms with Gasteiger partial charge in [0.05, 0.1) is 34.4 Å². The van der Waals surface area contributed by atoms with Crippen LogP contribution in [0.15, 0.2) is 18.2 Å². The number of cyclic esters (lactones) is 1. The van der Waals surface area contributed by atoms with E-state index in [2.05, 4.69) is 0 Å². The zero-order valence-electron chi connectivity index (χ0n) is 17.0. The molecule has 0 saturated carbocycles. The fourth-order valence-electron chi connectivity index (χ4n) is 3.94. The molecular formula is C22H22O8. The molecule has 2 aromatic rings. The van der Waals surface area contributed by atoms with E-state index in [1.54, 1.807) is 6.07 Å². The first-order chi connectivity index (χ1) is 14.6. The van der Waals surface area contributed by atoms with Gasteiger partial charge in [0, 0.05) is 17.0 Å². The molecule has 0 aromatic heterocycles. The maximum Gasteiger partial charge on any atom is 0.306 e. The van der Waals surface area contributed by atoms with Crippen LogP contribution in [0.1, 0.15) is 22.3 Å². The highest BCUT2D eigenvalue weighted by atomic mass is 16.7. The molecule has 2 aliphatic heterocycles. The second-order valence-corrected chi connectivity index (χ2v) is 7.05. The Hall–Kier alpha value is -3.42. The minimum absolute atomic E-state index is 0.0300. The van der Waals surface area contributed by atoms with Crippen molar-refractivity contribution in [3.63, 3.8) is 0 Å². The average molecular weight is 414 g/mol. The molecule has 0 N–H and O–H groups in total. The highest BCUT2D eigenvalue weighted by Crippen LogP contribution is 2.49. The van der Waals surface area contributed by atoms with Crippen LogP contribution in [0, 0.1) is 5.92 Å². The molecule has 30 heavy (non-hydrogen) atoms. The van der Waals surface area contributed by atoms with Gasteiger partial charge >= 0.3 is 5.97 Å². The SMILES string of the molecule is COc1cc(C=O)c(-c2cc3c(cc2CC2COC(=O)C2)OCO3)c(OC)c1OC. The van der Waals surface area contributed by atoms with E-state index in [9.17, 15) is 9.59 Å². The first kappa shape index (κ1) is 19.9. The standard InChI is InChI=1S/C22H22O8/c1-25-18-7-14(9-23)20(22(27-3)21(18)26-2)15-8-17-16(29-11-30-17)6-13(15)4-12-5-19(24)28-10-12/h6-9,12H,4-5,10-11H2,1-3H3. The normalized spacial score (nSPS) is 16.9. The number of hydrogen-bond acceptors (Lipinski definition) is 8. The highest BCUT2D eigenvalue weighted by molar-refractivity contribution is 5.95. The molecule has 0 spiro atoms. The molecule has 4 rings (SSSR count). The first-order valence-corrected chi connectivity index (χ1v) is 9.46. The van der Waals surface area contributed by atoms with Crippen LogP contribution in [0.2, 0.25) is 0 Å². The van der Waals surface area contributed by atoms with Crippen molar-refractivity contribution in [3.05, 3.63) is 29.3 Å². The Morgan fingerprint density at radius 2 is 1.73 bits per heavy atom. The number of benzene rings is 2. The first-order valence-electron chi connectivity index (χ1n) is 9.46. The van der Waals surface area contributed by atoms with Gasteiger partial charge in [0.15, 0.2) is 29.3 Å². The van der Waals surface area contributed by atoms with E-state index in [-0.39, 0.29) is 18.7 Å².